The molecule has 3 rings (SSSR count). The van der Waals surface area contributed by atoms with Crippen molar-refractivity contribution in [2.75, 3.05) is 0 Å². The highest BCUT2D eigenvalue weighted by molar-refractivity contribution is 7.13. The van der Waals surface area contributed by atoms with E-state index < -0.39 is 0 Å². The number of thiophene rings is 1. The first-order valence-electron chi connectivity index (χ1n) is 6.22. The van der Waals surface area contributed by atoms with E-state index in [1.54, 1.807) is 11.3 Å². The molecular weight excluding hydrogens is 252 g/mol. The molecule has 1 nitrogen and oxygen atoms in total. The summed E-state index contributed by atoms with van der Waals surface area (Å²) in [6, 6.07) is 22.7. The van der Waals surface area contributed by atoms with E-state index in [4.69, 9.17) is 4.74 Å². The quantitative estimate of drug-likeness (QED) is 0.646. The summed E-state index contributed by atoms with van der Waals surface area (Å²) in [5.41, 5.74) is 2.42. The Kier molecular flexibility index (Phi) is 3.61. The first-order chi connectivity index (χ1) is 9.42. The van der Waals surface area contributed by atoms with Crippen molar-refractivity contribution in [2.24, 2.45) is 0 Å². The number of rotatable bonds is 4. The fraction of sp³-hybridized carbons (Fsp3) is 0.0588. The average Bonchev–Trinajstić information content (AvgIpc) is 3.01. The smallest absolute Gasteiger partial charge is 0.119 e. The average molecular weight is 266 g/mol. The van der Waals surface area contributed by atoms with E-state index in [0.29, 0.717) is 6.61 Å². The summed E-state index contributed by atoms with van der Waals surface area (Å²) in [6.45, 7) is 0.610. The second kappa shape index (κ2) is 5.72. The number of ether oxygens (including phenoxy) is 1. The van der Waals surface area contributed by atoms with Gasteiger partial charge in [-0.15, -0.1) is 11.3 Å². The van der Waals surface area contributed by atoms with Gasteiger partial charge in [0.2, 0.25) is 0 Å². The first kappa shape index (κ1) is 12.0. The van der Waals surface area contributed by atoms with Crippen LogP contribution in [-0.4, -0.2) is 0 Å². The van der Waals surface area contributed by atoms with E-state index in [-0.39, 0.29) is 0 Å². The Morgan fingerprint density at radius 2 is 1.58 bits per heavy atom. The lowest BCUT2D eigenvalue weighted by Gasteiger charge is -2.06. The highest BCUT2D eigenvalue weighted by Crippen LogP contribution is 2.26. The molecule has 0 saturated heterocycles. The Hall–Kier alpha value is -2.06. The van der Waals surface area contributed by atoms with Crippen molar-refractivity contribution >= 4 is 11.3 Å². The molecule has 3 aromatic rings. The Bertz CT molecular complexity index is 612. The summed E-state index contributed by atoms with van der Waals surface area (Å²) in [6.07, 6.45) is 0. The summed E-state index contributed by atoms with van der Waals surface area (Å²) in [5, 5.41) is 2.09. The molecule has 0 fully saturated rings. The molecule has 2 aromatic carbocycles. The maximum atomic E-state index is 5.77. The first-order valence-corrected chi connectivity index (χ1v) is 7.10. The molecule has 0 aliphatic heterocycles. The second-order valence-electron chi connectivity index (χ2n) is 4.28. The topological polar surface area (TPSA) is 9.23 Å². The molecule has 94 valence electrons. The Morgan fingerprint density at radius 3 is 2.26 bits per heavy atom. The van der Waals surface area contributed by atoms with Gasteiger partial charge in [0.25, 0.3) is 0 Å². The maximum absolute atomic E-state index is 5.77. The third-order valence-electron chi connectivity index (χ3n) is 2.91. The van der Waals surface area contributed by atoms with Crippen LogP contribution in [0.1, 0.15) is 5.56 Å². The van der Waals surface area contributed by atoms with E-state index in [0.717, 1.165) is 5.75 Å². The molecule has 0 radical (unpaired) electrons. The summed E-state index contributed by atoms with van der Waals surface area (Å²) in [5.74, 6) is 0.907. The summed E-state index contributed by atoms with van der Waals surface area (Å²) < 4.78 is 5.77. The van der Waals surface area contributed by atoms with Gasteiger partial charge < -0.3 is 4.74 Å². The second-order valence-corrected chi connectivity index (χ2v) is 5.22. The lowest BCUT2D eigenvalue weighted by molar-refractivity contribution is 0.306. The van der Waals surface area contributed by atoms with Crippen molar-refractivity contribution in [3.63, 3.8) is 0 Å². The van der Waals surface area contributed by atoms with Crippen molar-refractivity contribution in [3.8, 4) is 16.2 Å². The molecule has 0 aliphatic rings. The van der Waals surface area contributed by atoms with E-state index >= 15 is 0 Å². The molecule has 2 heteroatoms. The fourth-order valence-corrected chi connectivity index (χ4v) is 2.63. The molecule has 1 aromatic heterocycles. The van der Waals surface area contributed by atoms with E-state index in [2.05, 4.69) is 41.8 Å². The monoisotopic (exact) mass is 266 g/mol. The van der Waals surface area contributed by atoms with Crippen LogP contribution in [0, 0.1) is 0 Å². The maximum Gasteiger partial charge on any atom is 0.119 e. The van der Waals surface area contributed by atoms with E-state index in [1.807, 2.05) is 30.3 Å². The third kappa shape index (κ3) is 3.04. The predicted molar refractivity (Wildman–Crippen MR) is 80.5 cm³/mol. The Balaban J connectivity index is 1.67. The molecular formula is C17H14OS. The van der Waals surface area contributed by atoms with Gasteiger partial charge in [-0.25, -0.2) is 0 Å². The SMILES string of the molecule is c1ccc(COc2ccc(-c3cccs3)cc2)cc1. The standard InChI is InChI=1S/C17H14OS/c1-2-5-14(6-3-1)13-18-16-10-8-15(9-11-16)17-7-4-12-19-17/h1-12H,13H2. The van der Waals surface area contributed by atoms with Crippen LogP contribution in [0.5, 0.6) is 5.75 Å². The van der Waals surface area contributed by atoms with Crippen LogP contribution in [0.15, 0.2) is 72.1 Å². The molecule has 0 unspecified atom stereocenters. The van der Waals surface area contributed by atoms with Crippen LogP contribution < -0.4 is 4.74 Å². The highest BCUT2D eigenvalue weighted by atomic mass is 32.1. The largest absolute Gasteiger partial charge is 0.489 e. The van der Waals surface area contributed by atoms with Gasteiger partial charge in [-0.2, -0.15) is 0 Å². The predicted octanol–water partition coefficient (Wildman–Crippen LogP) is 4.99. The lowest BCUT2D eigenvalue weighted by Crippen LogP contribution is -1.94. The van der Waals surface area contributed by atoms with Crippen LogP contribution >= 0.6 is 11.3 Å². The molecule has 0 bridgehead atoms. The van der Waals surface area contributed by atoms with Crippen molar-refractivity contribution in [1.29, 1.82) is 0 Å². The Labute approximate surface area is 117 Å². The Morgan fingerprint density at radius 1 is 0.789 bits per heavy atom. The molecule has 1 heterocycles. The molecule has 0 amide bonds. The number of hydrogen-bond acceptors (Lipinski definition) is 2. The van der Waals surface area contributed by atoms with Gasteiger partial charge in [0.05, 0.1) is 0 Å². The zero-order chi connectivity index (χ0) is 12.9. The third-order valence-corrected chi connectivity index (χ3v) is 3.83. The van der Waals surface area contributed by atoms with Crippen LogP contribution in [0.25, 0.3) is 10.4 Å². The van der Waals surface area contributed by atoms with Gasteiger partial charge in [-0.3, -0.25) is 0 Å². The molecule has 0 aliphatic carbocycles. The van der Waals surface area contributed by atoms with Crippen LogP contribution in [0.2, 0.25) is 0 Å². The van der Waals surface area contributed by atoms with E-state index in [1.165, 1.54) is 16.0 Å². The van der Waals surface area contributed by atoms with Crippen molar-refractivity contribution in [3.05, 3.63) is 77.7 Å². The normalized spacial score (nSPS) is 10.3. The molecule has 0 spiro atoms. The minimum Gasteiger partial charge on any atom is -0.489 e. The van der Waals surface area contributed by atoms with E-state index in [9.17, 15) is 0 Å². The number of hydrogen-bond donors (Lipinski definition) is 0. The lowest BCUT2D eigenvalue weighted by atomic mass is 10.2. The van der Waals surface area contributed by atoms with Crippen molar-refractivity contribution < 1.29 is 4.74 Å². The zero-order valence-corrected chi connectivity index (χ0v) is 11.3. The van der Waals surface area contributed by atoms with Crippen molar-refractivity contribution in [2.45, 2.75) is 6.61 Å². The van der Waals surface area contributed by atoms with Crippen LogP contribution in [-0.2, 0) is 6.61 Å². The number of benzene rings is 2. The fourth-order valence-electron chi connectivity index (χ4n) is 1.90. The molecule has 0 atom stereocenters. The molecule has 0 N–H and O–H groups in total. The zero-order valence-electron chi connectivity index (χ0n) is 10.5. The van der Waals surface area contributed by atoms with Crippen LogP contribution in [0.4, 0.5) is 0 Å². The van der Waals surface area contributed by atoms with Gasteiger partial charge >= 0.3 is 0 Å². The molecule has 19 heavy (non-hydrogen) atoms. The summed E-state index contributed by atoms with van der Waals surface area (Å²) >= 11 is 1.75. The van der Waals surface area contributed by atoms with Crippen LogP contribution in [0.3, 0.4) is 0 Å². The summed E-state index contributed by atoms with van der Waals surface area (Å²) in [7, 11) is 0. The van der Waals surface area contributed by atoms with Gasteiger partial charge in [0.15, 0.2) is 0 Å². The summed E-state index contributed by atoms with van der Waals surface area (Å²) in [4.78, 5) is 1.29. The minimum atomic E-state index is 0.610. The van der Waals surface area contributed by atoms with Gasteiger partial charge in [-0.05, 0) is 46.8 Å². The molecule has 0 saturated carbocycles. The van der Waals surface area contributed by atoms with Gasteiger partial charge in [0, 0.05) is 4.88 Å². The van der Waals surface area contributed by atoms with Gasteiger partial charge in [-0.1, -0.05) is 36.4 Å². The highest BCUT2D eigenvalue weighted by Gasteiger charge is 1.99. The minimum absolute atomic E-state index is 0.610. The van der Waals surface area contributed by atoms with Crippen molar-refractivity contribution in [1.82, 2.24) is 0 Å². The van der Waals surface area contributed by atoms with Gasteiger partial charge in [0.1, 0.15) is 12.4 Å².